The average Bonchev–Trinajstić information content (AvgIpc) is 2.42. The Morgan fingerprint density at radius 3 is 2.45 bits per heavy atom. The number of hydrogen-bond donors (Lipinski definition) is 1. The lowest BCUT2D eigenvalue weighted by atomic mass is 10.2. The van der Waals surface area contributed by atoms with Crippen molar-refractivity contribution < 1.29 is 9.59 Å². The van der Waals surface area contributed by atoms with E-state index in [2.05, 4.69) is 27.9 Å². The van der Waals surface area contributed by atoms with Gasteiger partial charge >= 0.3 is 0 Å². The summed E-state index contributed by atoms with van der Waals surface area (Å²) in [7, 11) is 3.45. The molecule has 0 aromatic heterocycles. The molecule has 0 bridgehead atoms. The van der Waals surface area contributed by atoms with Crippen molar-refractivity contribution in [2.24, 2.45) is 0 Å². The minimum atomic E-state index is -0.0932. The first kappa shape index (κ1) is 18.9. The molecule has 0 spiro atoms. The molecular formula is C16H24IN3O2. The van der Waals surface area contributed by atoms with Crippen LogP contribution in [-0.4, -0.2) is 55.3 Å². The Morgan fingerprint density at radius 2 is 1.91 bits per heavy atom. The van der Waals surface area contributed by atoms with Gasteiger partial charge in [-0.1, -0.05) is 6.92 Å². The number of halogens is 1. The molecule has 5 nitrogen and oxygen atoms in total. The van der Waals surface area contributed by atoms with Crippen LogP contribution in [0.4, 0.5) is 5.69 Å². The topological polar surface area (TPSA) is 52.7 Å². The number of benzene rings is 1. The lowest BCUT2D eigenvalue weighted by Crippen LogP contribution is -2.41. The zero-order valence-corrected chi connectivity index (χ0v) is 15.8. The van der Waals surface area contributed by atoms with Crippen molar-refractivity contribution in [2.75, 3.05) is 39.0 Å². The van der Waals surface area contributed by atoms with Gasteiger partial charge in [0.05, 0.1) is 13.1 Å². The number of carbonyl (C=O) groups excluding carboxylic acids is 2. The molecule has 0 unspecified atom stereocenters. The molecule has 22 heavy (non-hydrogen) atoms. The zero-order valence-electron chi connectivity index (χ0n) is 13.6. The van der Waals surface area contributed by atoms with E-state index >= 15 is 0 Å². The van der Waals surface area contributed by atoms with Crippen molar-refractivity contribution in [3.05, 3.63) is 27.3 Å². The number of hydrogen-bond acceptors (Lipinski definition) is 3. The second-order valence-electron chi connectivity index (χ2n) is 5.51. The zero-order chi connectivity index (χ0) is 16.7. The maximum Gasteiger partial charge on any atom is 0.238 e. The second-order valence-corrected chi connectivity index (χ2v) is 6.75. The number of nitrogens with one attached hydrogen (secondary N) is 1. The van der Waals surface area contributed by atoms with Crippen LogP contribution in [0.25, 0.3) is 0 Å². The molecule has 0 aliphatic carbocycles. The molecule has 1 rings (SSSR count). The van der Waals surface area contributed by atoms with E-state index in [0.29, 0.717) is 0 Å². The third-order valence-corrected chi connectivity index (χ3v) is 3.90. The molecule has 6 heteroatoms. The summed E-state index contributed by atoms with van der Waals surface area (Å²) in [6.45, 7) is 5.21. The van der Waals surface area contributed by atoms with Crippen molar-refractivity contribution in [2.45, 2.75) is 20.3 Å². The van der Waals surface area contributed by atoms with Crippen LogP contribution >= 0.6 is 22.6 Å². The van der Waals surface area contributed by atoms with Gasteiger partial charge in [0, 0.05) is 23.4 Å². The maximum absolute atomic E-state index is 12.2. The number of rotatable bonds is 7. The Kier molecular flexibility index (Phi) is 7.81. The summed E-state index contributed by atoms with van der Waals surface area (Å²) in [6, 6.07) is 5.89. The Hall–Kier alpha value is -1.15. The molecule has 0 aliphatic heterocycles. The van der Waals surface area contributed by atoms with Crippen molar-refractivity contribution in [1.82, 2.24) is 9.80 Å². The van der Waals surface area contributed by atoms with Gasteiger partial charge in [-0.2, -0.15) is 0 Å². The highest BCUT2D eigenvalue weighted by Gasteiger charge is 2.15. The molecule has 1 N–H and O–H groups in total. The number of aryl methyl sites for hydroxylation is 1. The highest BCUT2D eigenvalue weighted by molar-refractivity contribution is 14.1. The predicted octanol–water partition coefficient (Wildman–Crippen LogP) is 2.34. The molecule has 0 atom stereocenters. The van der Waals surface area contributed by atoms with E-state index in [-0.39, 0.29) is 24.9 Å². The Balaban J connectivity index is 2.64. The summed E-state index contributed by atoms with van der Waals surface area (Å²) in [5.74, 6) is -0.0870. The molecule has 0 saturated carbocycles. The molecule has 1 aromatic carbocycles. The van der Waals surface area contributed by atoms with Gasteiger partial charge in [-0.25, -0.2) is 0 Å². The number of amides is 2. The minimum Gasteiger partial charge on any atom is -0.348 e. The van der Waals surface area contributed by atoms with Crippen LogP contribution in [0.15, 0.2) is 18.2 Å². The fourth-order valence-electron chi connectivity index (χ4n) is 2.02. The summed E-state index contributed by atoms with van der Waals surface area (Å²) in [4.78, 5) is 27.4. The SMILES string of the molecule is CCCN(CC(=O)Nc1ccc(I)cc1C)CC(=O)N(C)C. The average molecular weight is 417 g/mol. The highest BCUT2D eigenvalue weighted by atomic mass is 127. The van der Waals surface area contributed by atoms with Gasteiger partial charge < -0.3 is 10.2 Å². The summed E-state index contributed by atoms with van der Waals surface area (Å²) < 4.78 is 1.14. The molecule has 0 saturated heterocycles. The molecular weight excluding hydrogens is 393 g/mol. The molecule has 2 amide bonds. The van der Waals surface area contributed by atoms with Crippen LogP contribution < -0.4 is 5.32 Å². The summed E-state index contributed by atoms with van der Waals surface area (Å²) in [5, 5.41) is 2.92. The number of likely N-dealkylation sites (N-methyl/N-ethyl adjacent to an activating group) is 1. The molecule has 0 radical (unpaired) electrons. The van der Waals surface area contributed by atoms with Crippen LogP contribution in [0.5, 0.6) is 0 Å². The smallest absolute Gasteiger partial charge is 0.238 e. The van der Waals surface area contributed by atoms with Crippen LogP contribution in [0, 0.1) is 10.5 Å². The Labute approximate surface area is 146 Å². The van der Waals surface area contributed by atoms with Gasteiger partial charge in [-0.3, -0.25) is 14.5 Å². The summed E-state index contributed by atoms with van der Waals surface area (Å²) in [6.07, 6.45) is 0.899. The quantitative estimate of drug-likeness (QED) is 0.694. The first-order chi connectivity index (χ1) is 10.3. The van der Waals surface area contributed by atoms with Crippen molar-refractivity contribution in [3.63, 3.8) is 0 Å². The maximum atomic E-state index is 12.2. The Morgan fingerprint density at radius 1 is 1.23 bits per heavy atom. The van der Waals surface area contributed by atoms with Crippen LogP contribution in [0.2, 0.25) is 0 Å². The number of anilines is 1. The Bertz CT molecular complexity index is 532. The van der Waals surface area contributed by atoms with Crippen molar-refractivity contribution >= 4 is 40.1 Å². The molecule has 0 heterocycles. The third kappa shape index (κ3) is 6.31. The van der Waals surface area contributed by atoms with E-state index in [1.54, 1.807) is 19.0 Å². The van der Waals surface area contributed by atoms with Gasteiger partial charge in [0.25, 0.3) is 0 Å². The standard InChI is InChI=1S/C16H24IN3O2/c1-5-8-20(11-16(22)19(3)4)10-15(21)18-14-7-6-13(17)9-12(14)2/h6-7,9H,5,8,10-11H2,1-4H3,(H,18,21). The van der Waals surface area contributed by atoms with Crippen molar-refractivity contribution in [3.8, 4) is 0 Å². The van der Waals surface area contributed by atoms with Gasteiger partial charge in [0.15, 0.2) is 0 Å². The van der Waals surface area contributed by atoms with E-state index in [9.17, 15) is 9.59 Å². The fourth-order valence-corrected chi connectivity index (χ4v) is 2.67. The monoisotopic (exact) mass is 417 g/mol. The van der Waals surface area contributed by atoms with Crippen LogP contribution in [0.3, 0.4) is 0 Å². The number of nitrogens with zero attached hydrogens (tertiary/aromatic N) is 2. The summed E-state index contributed by atoms with van der Waals surface area (Å²) >= 11 is 2.24. The molecule has 0 aliphatic rings. The molecule has 0 fully saturated rings. The second kappa shape index (κ2) is 9.09. The predicted molar refractivity (Wildman–Crippen MR) is 98.0 cm³/mol. The lowest BCUT2D eigenvalue weighted by Gasteiger charge is -2.22. The third-order valence-electron chi connectivity index (χ3n) is 3.23. The molecule has 1 aromatic rings. The van der Waals surface area contributed by atoms with Gasteiger partial charge in [0.1, 0.15) is 0 Å². The van der Waals surface area contributed by atoms with Gasteiger partial charge in [-0.15, -0.1) is 0 Å². The van der Waals surface area contributed by atoms with E-state index in [4.69, 9.17) is 0 Å². The lowest BCUT2D eigenvalue weighted by molar-refractivity contribution is -0.130. The fraction of sp³-hybridized carbons (Fsp3) is 0.500. The summed E-state index contributed by atoms with van der Waals surface area (Å²) in [5.41, 5.74) is 1.85. The normalized spacial score (nSPS) is 10.6. The molecule has 122 valence electrons. The van der Waals surface area contributed by atoms with Crippen LogP contribution in [0.1, 0.15) is 18.9 Å². The minimum absolute atomic E-state index is 0.00620. The van der Waals surface area contributed by atoms with Gasteiger partial charge in [-0.05, 0) is 66.2 Å². The van der Waals surface area contributed by atoms with E-state index in [0.717, 1.165) is 27.8 Å². The first-order valence-corrected chi connectivity index (χ1v) is 8.39. The van der Waals surface area contributed by atoms with Gasteiger partial charge in [0.2, 0.25) is 11.8 Å². The van der Waals surface area contributed by atoms with E-state index in [1.165, 1.54) is 0 Å². The first-order valence-electron chi connectivity index (χ1n) is 7.32. The largest absolute Gasteiger partial charge is 0.348 e. The van der Waals surface area contributed by atoms with Crippen molar-refractivity contribution in [1.29, 1.82) is 0 Å². The number of carbonyl (C=O) groups is 2. The van der Waals surface area contributed by atoms with E-state index < -0.39 is 0 Å². The van der Waals surface area contributed by atoms with Crippen LogP contribution in [-0.2, 0) is 9.59 Å². The highest BCUT2D eigenvalue weighted by Crippen LogP contribution is 2.17. The van der Waals surface area contributed by atoms with E-state index in [1.807, 2.05) is 36.9 Å².